The van der Waals surface area contributed by atoms with E-state index >= 15 is 0 Å². The van der Waals surface area contributed by atoms with Crippen LogP contribution in [0.25, 0.3) is 0 Å². The Hall–Kier alpha value is -0.990. The molecule has 0 bridgehead atoms. The Bertz CT molecular complexity index is 117. The molecular formula is C5H5NO. The van der Waals surface area contributed by atoms with Crippen molar-refractivity contribution in [3.63, 3.8) is 0 Å². The van der Waals surface area contributed by atoms with E-state index in [1.54, 1.807) is 6.07 Å². The lowest BCUT2D eigenvalue weighted by Gasteiger charge is -1.88. The van der Waals surface area contributed by atoms with E-state index < -0.39 is 6.10 Å². The second kappa shape index (κ2) is 3.21. The van der Waals surface area contributed by atoms with Crippen molar-refractivity contribution in [2.45, 2.75) is 12.5 Å². The second-order valence-electron chi connectivity index (χ2n) is 1.04. The molecule has 0 saturated heterocycles. The Morgan fingerprint density at radius 2 is 2.43 bits per heavy atom. The van der Waals surface area contributed by atoms with E-state index in [0.717, 1.165) is 0 Å². The molecule has 0 spiro atoms. The van der Waals surface area contributed by atoms with E-state index in [9.17, 15) is 0 Å². The molecule has 1 unspecified atom stereocenters. The van der Waals surface area contributed by atoms with Crippen molar-refractivity contribution >= 4 is 0 Å². The lowest BCUT2D eigenvalue weighted by molar-refractivity contribution is 0.238. The number of nitrogens with zero attached hydrogens (tertiary/aromatic N) is 1. The maximum absolute atomic E-state index is 8.40. The van der Waals surface area contributed by atoms with Crippen LogP contribution in [-0.4, -0.2) is 11.2 Å². The van der Waals surface area contributed by atoms with Crippen molar-refractivity contribution in [3.8, 4) is 18.4 Å². The average Bonchev–Trinajstić information content (AvgIpc) is 1.68. The minimum absolute atomic E-state index is 0.0243. The third kappa shape index (κ3) is 2.82. The van der Waals surface area contributed by atoms with Gasteiger partial charge < -0.3 is 5.11 Å². The van der Waals surface area contributed by atoms with Gasteiger partial charge in [-0.05, 0) is 0 Å². The summed E-state index contributed by atoms with van der Waals surface area (Å²) in [6.07, 6.45) is 3.85. The Balaban J connectivity index is 3.27. The zero-order valence-corrected chi connectivity index (χ0v) is 3.76. The zero-order valence-electron chi connectivity index (χ0n) is 3.76. The van der Waals surface area contributed by atoms with Gasteiger partial charge in [-0.25, -0.2) is 0 Å². The lowest BCUT2D eigenvalue weighted by Crippen LogP contribution is -1.98. The average molecular weight is 95.1 g/mol. The predicted octanol–water partition coefficient (Wildman–Crippen LogP) is -0.106. The normalized spacial score (nSPS) is 11.3. The minimum atomic E-state index is -0.884. The lowest BCUT2D eigenvalue weighted by atomic mass is 10.3. The van der Waals surface area contributed by atoms with Crippen molar-refractivity contribution < 1.29 is 5.11 Å². The number of hydrogen-bond acceptors (Lipinski definition) is 2. The molecular weight excluding hydrogens is 90.1 g/mol. The molecule has 0 aromatic heterocycles. The maximum Gasteiger partial charge on any atom is 0.127 e. The standard InChI is InChI=1S/C5H5NO/c1-2-5(7)3-4-6/h1,5,7H,3H2. The number of hydrogen-bond donors (Lipinski definition) is 1. The zero-order chi connectivity index (χ0) is 5.70. The summed E-state index contributed by atoms with van der Waals surface area (Å²) < 4.78 is 0. The Morgan fingerprint density at radius 3 is 2.57 bits per heavy atom. The predicted molar refractivity (Wildman–Crippen MR) is 25.1 cm³/mol. The molecule has 0 fully saturated rings. The molecule has 0 saturated carbocycles. The fourth-order valence-corrected chi connectivity index (χ4v) is 0.145. The van der Waals surface area contributed by atoms with Gasteiger partial charge in [0.05, 0.1) is 12.5 Å². The van der Waals surface area contributed by atoms with Crippen LogP contribution in [0.4, 0.5) is 0 Å². The van der Waals surface area contributed by atoms with Gasteiger partial charge in [0.25, 0.3) is 0 Å². The third-order valence-corrected chi connectivity index (χ3v) is 0.477. The first-order valence-corrected chi connectivity index (χ1v) is 1.82. The monoisotopic (exact) mass is 95.0 g/mol. The molecule has 0 heterocycles. The summed E-state index contributed by atoms with van der Waals surface area (Å²) in [6.45, 7) is 0. The molecule has 2 heteroatoms. The fraction of sp³-hybridized carbons (Fsp3) is 0.400. The highest BCUT2D eigenvalue weighted by Crippen LogP contribution is 1.82. The van der Waals surface area contributed by atoms with Gasteiger partial charge in [0, 0.05) is 0 Å². The first kappa shape index (κ1) is 6.01. The van der Waals surface area contributed by atoms with Crippen LogP contribution in [0, 0.1) is 23.7 Å². The number of rotatable bonds is 1. The van der Waals surface area contributed by atoms with Gasteiger partial charge in [-0.2, -0.15) is 5.26 Å². The second-order valence-corrected chi connectivity index (χ2v) is 1.04. The molecule has 1 N–H and O–H groups in total. The van der Waals surface area contributed by atoms with E-state index in [-0.39, 0.29) is 6.42 Å². The van der Waals surface area contributed by atoms with Crippen LogP contribution in [0.15, 0.2) is 0 Å². The maximum atomic E-state index is 8.40. The highest BCUT2D eigenvalue weighted by Gasteiger charge is 1.92. The van der Waals surface area contributed by atoms with E-state index in [0.29, 0.717) is 0 Å². The Morgan fingerprint density at radius 1 is 1.86 bits per heavy atom. The van der Waals surface area contributed by atoms with Crippen LogP contribution < -0.4 is 0 Å². The van der Waals surface area contributed by atoms with Crippen LogP contribution in [0.1, 0.15) is 6.42 Å². The molecule has 36 valence electrons. The molecule has 2 nitrogen and oxygen atoms in total. The molecule has 0 rings (SSSR count). The smallest absolute Gasteiger partial charge is 0.127 e. The molecule has 0 aliphatic rings. The molecule has 0 amide bonds. The number of nitriles is 1. The van der Waals surface area contributed by atoms with Crippen molar-refractivity contribution in [2.75, 3.05) is 0 Å². The SMILES string of the molecule is C#CC(O)CC#N. The van der Waals surface area contributed by atoms with Crippen molar-refractivity contribution in [2.24, 2.45) is 0 Å². The molecule has 7 heavy (non-hydrogen) atoms. The summed E-state index contributed by atoms with van der Waals surface area (Å²) in [5, 5.41) is 16.3. The summed E-state index contributed by atoms with van der Waals surface area (Å²) in [5.41, 5.74) is 0. The molecule has 0 radical (unpaired) electrons. The van der Waals surface area contributed by atoms with Crippen molar-refractivity contribution in [1.29, 1.82) is 5.26 Å². The van der Waals surface area contributed by atoms with E-state index in [4.69, 9.17) is 16.8 Å². The van der Waals surface area contributed by atoms with E-state index in [2.05, 4.69) is 0 Å². The Kier molecular flexibility index (Phi) is 2.76. The molecule has 1 atom stereocenters. The van der Waals surface area contributed by atoms with Gasteiger partial charge >= 0.3 is 0 Å². The molecule has 0 aliphatic carbocycles. The quantitative estimate of drug-likeness (QED) is 0.462. The third-order valence-electron chi connectivity index (χ3n) is 0.477. The fourth-order valence-electron chi connectivity index (χ4n) is 0.145. The van der Waals surface area contributed by atoms with Crippen LogP contribution >= 0.6 is 0 Å². The Labute approximate surface area is 42.4 Å². The molecule has 0 aliphatic heterocycles. The summed E-state index contributed by atoms with van der Waals surface area (Å²) >= 11 is 0. The van der Waals surface area contributed by atoms with Crippen molar-refractivity contribution in [3.05, 3.63) is 0 Å². The van der Waals surface area contributed by atoms with Crippen LogP contribution in [0.2, 0.25) is 0 Å². The van der Waals surface area contributed by atoms with Crippen LogP contribution in [-0.2, 0) is 0 Å². The van der Waals surface area contributed by atoms with E-state index in [1.807, 2.05) is 5.92 Å². The van der Waals surface area contributed by atoms with Gasteiger partial charge in [-0.15, -0.1) is 6.42 Å². The summed E-state index contributed by atoms with van der Waals surface area (Å²) in [5.74, 6) is 2.00. The van der Waals surface area contributed by atoms with Gasteiger partial charge in [0.2, 0.25) is 0 Å². The van der Waals surface area contributed by atoms with Gasteiger partial charge in [-0.3, -0.25) is 0 Å². The first-order chi connectivity index (χ1) is 3.31. The first-order valence-electron chi connectivity index (χ1n) is 1.82. The molecule has 0 aromatic rings. The summed E-state index contributed by atoms with van der Waals surface area (Å²) in [7, 11) is 0. The van der Waals surface area contributed by atoms with Gasteiger partial charge in [0.1, 0.15) is 6.10 Å². The van der Waals surface area contributed by atoms with Gasteiger partial charge in [-0.1, -0.05) is 5.92 Å². The summed E-state index contributed by atoms with van der Waals surface area (Å²) in [4.78, 5) is 0. The summed E-state index contributed by atoms with van der Waals surface area (Å²) in [6, 6.07) is 1.73. The highest BCUT2D eigenvalue weighted by atomic mass is 16.3. The largest absolute Gasteiger partial charge is 0.379 e. The van der Waals surface area contributed by atoms with Gasteiger partial charge in [0.15, 0.2) is 0 Å². The number of aliphatic hydroxyl groups is 1. The topological polar surface area (TPSA) is 44.0 Å². The number of terminal acetylenes is 1. The van der Waals surface area contributed by atoms with Crippen molar-refractivity contribution in [1.82, 2.24) is 0 Å². The van der Waals surface area contributed by atoms with Crippen LogP contribution in [0.3, 0.4) is 0 Å². The van der Waals surface area contributed by atoms with E-state index in [1.165, 1.54) is 0 Å². The minimum Gasteiger partial charge on any atom is -0.379 e. The number of aliphatic hydroxyl groups excluding tert-OH is 1. The van der Waals surface area contributed by atoms with Crippen LogP contribution in [0.5, 0.6) is 0 Å². The highest BCUT2D eigenvalue weighted by molar-refractivity contribution is 4.97. The molecule has 0 aromatic carbocycles.